The molecule has 1 amide bonds. The Morgan fingerprint density at radius 2 is 1.85 bits per heavy atom. The molecule has 1 heterocycles. The van der Waals surface area contributed by atoms with Crippen molar-refractivity contribution in [1.29, 1.82) is 0 Å². The van der Waals surface area contributed by atoms with Crippen molar-refractivity contribution in [2.24, 2.45) is 11.8 Å². The van der Waals surface area contributed by atoms with Gasteiger partial charge in [0.05, 0.1) is 21.1 Å². The smallest absolute Gasteiger partial charge is 0.224 e. The number of ketones is 2. The molecule has 1 fully saturated rings. The van der Waals surface area contributed by atoms with E-state index in [0.29, 0.717) is 48.7 Å². The van der Waals surface area contributed by atoms with Crippen molar-refractivity contribution in [3.8, 4) is 0 Å². The quantitative estimate of drug-likeness (QED) is 0.178. The minimum absolute atomic E-state index is 0.0719. The number of aromatic nitrogens is 1. The number of benzene rings is 1. The molecule has 0 radical (unpaired) electrons. The van der Waals surface area contributed by atoms with E-state index in [-0.39, 0.29) is 29.9 Å². The van der Waals surface area contributed by atoms with Gasteiger partial charge in [0.2, 0.25) is 5.91 Å². The Morgan fingerprint density at radius 3 is 2.54 bits per heavy atom. The number of likely N-dealkylation sites (N-methyl/N-ethyl adjacent to an activating group) is 1. The maximum absolute atomic E-state index is 13.8. The molecule has 1 N–H and O–H groups in total. The molecule has 41 heavy (non-hydrogen) atoms. The molecule has 226 valence electrons. The molecule has 1 saturated carbocycles. The van der Waals surface area contributed by atoms with Crippen molar-refractivity contribution in [2.45, 2.75) is 104 Å². The Bertz CT molecular complexity index is 1170. The van der Waals surface area contributed by atoms with E-state index in [1.54, 1.807) is 0 Å². The lowest BCUT2D eigenvalue weighted by atomic mass is 9.83. The largest absolute Gasteiger partial charge is 0.353 e. The van der Waals surface area contributed by atoms with Gasteiger partial charge < -0.3 is 5.32 Å². The summed E-state index contributed by atoms with van der Waals surface area (Å²) in [7, 11) is 0. The number of halogens is 1. The lowest BCUT2D eigenvalue weighted by Crippen LogP contribution is -2.42. The number of rotatable bonds is 18. The molecule has 0 bridgehead atoms. The van der Waals surface area contributed by atoms with Gasteiger partial charge in [0.1, 0.15) is 5.78 Å². The second-order valence-electron chi connectivity index (χ2n) is 11.6. The molecule has 0 aliphatic heterocycles. The van der Waals surface area contributed by atoms with Gasteiger partial charge in [-0.05, 0) is 56.5 Å². The zero-order valence-corrected chi connectivity index (χ0v) is 26.8. The number of nitrogens with zero attached hydrogens (tertiary/aromatic N) is 2. The average Bonchev–Trinajstić information content (AvgIpc) is 3.35. The molecular weight excluding hydrogens is 554 g/mol. The van der Waals surface area contributed by atoms with Crippen molar-refractivity contribution in [3.05, 3.63) is 40.4 Å². The number of hydrogen-bond acceptors (Lipinski definition) is 6. The summed E-state index contributed by atoms with van der Waals surface area (Å²) in [5, 5.41) is 4.79. The maximum atomic E-state index is 13.8. The Morgan fingerprint density at radius 1 is 1.12 bits per heavy atom. The van der Waals surface area contributed by atoms with Gasteiger partial charge in [-0.15, -0.1) is 11.3 Å². The van der Waals surface area contributed by atoms with Crippen LogP contribution >= 0.6 is 22.9 Å². The first-order valence-electron chi connectivity index (χ1n) is 15.5. The van der Waals surface area contributed by atoms with Crippen LogP contribution < -0.4 is 5.32 Å². The number of nitrogens with one attached hydrogen (secondary N) is 1. The van der Waals surface area contributed by atoms with Crippen LogP contribution in [0, 0.1) is 11.8 Å². The highest BCUT2D eigenvalue weighted by atomic mass is 35.5. The van der Waals surface area contributed by atoms with Crippen LogP contribution in [-0.2, 0) is 20.8 Å². The summed E-state index contributed by atoms with van der Waals surface area (Å²) in [4.78, 5) is 46.4. The third-order valence-electron chi connectivity index (χ3n) is 8.30. The van der Waals surface area contributed by atoms with Crippen LogP contribution in [0.2, 0.25) is 5.02 Å². The summed E-state index contributed by atoms with van der Waals surface area (Å²) in [6.45, 7) is 12.6. The van der Waals surface area contributed by atoms with E-state index in [2.05, 4.69) is 30.6 Å². The molecule has 1 aliphatic rings. The van der Waals surface area contributed by atoms with E-state index < -0.39 is 5.92 Å². The van der Waals surface area contributed by atoms with E-state index in [9.17, 15) is 14.4 Å². The van der Waals surface area contributed by atoms with Crippen LogP contribution in [0.1, 0.15) is 96.4 Å². The lowest BCUT2D eigenvalue weighted by Gasteiger charge is -2.28. The predicted octanol–water partition coefficient (Wildman–Crippen LogP) is 7.57. The molecular formula is C33H48ClN3O3S. The van der Waals surface area contributed by atoms with Crippen LogP contribution in [0.4, 0.5) is 0 Å². The fraction of sp³-hybridized carbons (Fsp3) is 0.636. The molecule has 1 aliphatic carbocycles. The van der Waals surface area contributed by atoms with Crippen molar-refractivity contribution < 1.29 is 14.4 Å². The molecule has 8 heteroatoms. The lowest BCUT2D eigenvalue weighted by molar-refractivity contribution is -0.130. The normalized spacial score (nSPS) is 15.6. The second-order valence-corrected chi connectivity index (χ2v) is 13.1. The van der Waals surface area contributed by atoms with Crippen molar-refractivity contribution in [3.63, 3.8) is 0 Å². The Kier molecular flexibility index (Phi) is 14.0. The van der Waals surface area contributed by atoms with Crippen molar-refractivity contribution in [2.75, 3.05) is 19.6 Å². The van der Waals surface area contributed by atoms with E-state index in [0.717, 1.165) is 41.2 Å². The number of amides is 1. The molecule has 2 atom stereocenters. The SMILES string of the molecule is C=C(CN(CC)CC)C(=O)CC[C@H](CC1CCCCC1)NC(=O)[C@@H](CC(=O)CCC)Cc1nc2ccc(Cl)cc2s1. The molecule has 2 aromatic rings. The topological polar surface area (TPSA) is 79.4 Å². The standard InChI is InChI=1S/C33H48ClN3O3S/c1-5-11-28(38)19-25(20-32-36-29-16-14-26(34)21-31(29)41-32)33(40)35-27(18-24-12-9-8-10-13-24)15-17-30(39)23(4)22-37(6-2)7-3/h14,16,21,24-25,27H,4-13,15,17-20,22H2,1-3H3,(H,35,40)/t25-,27+/m0/s1. The van der Waals surface area contributed by atoms with Crippen LogP contribution in [0.5, 0.6) is 0 Å². The fourth-order valence-corrected chi connectivity index (χ4v) is 7.16. The Balaban J connectivity index is 1.73. The minimum atomic E-state index is -0.493. The first kappa shape index (κ1) is 33.4. The molecule has 3 rings (SSSR count). The third kappa shape index (κ3) is 10.9. The number of hydrogen-bond donors (Lipinski definition) is 1. The molecule has 6 nitrogen and oxygen atoms in total. The highest BCUT2D eigenvalue weighted by Gasteiger charge is 2.28. The summed E-state index contributed by atoms with van der Waals surface area (Å²) in [5.74, 6) is 0.123. The summed E-state index contributed by atoms with van der Waals surface area (Å²) in [6.07, 6.45) is 9.72. The monoisotopic (exact) mass is 601 g/mol. The van der Waals surface area contributed by atoms with Gasteiger partial charge in [-0.3, -0.25) is 19.3 Å². The Labute approximate surface area is 255 Å². The van der Waals surface area contributed by atoms with Crippen molar-refractivity contribution >= 4 is 50.6 Å². The van der Waals surface area contributed by atoms with Crippen molar-refractivity contribution in [1.82, 2.24) is 15.2 Å². The summed E-state index contributed by atoms with van der Waals surface area (Å²) >= 11 is 7.70. The highest BCUT2D eigenvalue weighted by molar-refractivity contribution is 7.18. The van der Waals surface area contributed by atoms with Gasteiger partial charge in [0.15, 0.2) is 5.78 Å². The first-order chi connectivity index (χ1) is 19.7. The Hall–Kier alpha value is -2.09. The summed E-state index contributed by atoms with van der Waals surface area (Å²) < 4.78 is 0.977. The zero-order valence-electron chi connectivity index (χ0n) is 25.2. The third-order valence-corrected chi connectivity index (χ3v) is 9.58. The molecule has 0 spiro atoms. The van der Waals surface area contributed by atoms with Gasteiger partial charge in [-0.1, -0.05) is 71.1 Å². The van der Waals surface area contributed by atoms with Crippen LogP contribution in [0.15, 0.2) is 30.4 Å². The van der Waals surface area contributed by atoms with Gasteiger partial charge in [0.25, 0.3) is 0 Å². The number of thiazole rings is 1. The predicted molar refractivity (Wildman–Crippen MR) is 171 cm³/mol. The number of fused-ring (bicyclic) bond motifs is 1. The highest BCUT2D eigenvalue weighted by Crippen LogP contribution is 2.30. The van der Waals surface area contributed by atoms with E-state index in [4.69, 9.17) is 16.6 Å². The van der Waals surface area contributed by atoms with Gasteiger partial charge in [-0.2, -0.15) is 0 Å². The zero-order chi connectivity index (χ0) is 29.8. The summed E-state index contributed by atoms with van der Waals surface area (Å²) in [5.41, 5.74) is 1.49. The van der Waals surface area contributed by atoms with Crippen LogP contribution in [-0.4, -0.2) is 53.0 Å². The molecule has 0 unspecified atom stereocenters. The van der Waals surface area contributed by atoms with Crippen LogP contribution in [0.3, 0.4) is 0 Å². The molecule has 0 saturated heterocycles. The van der Waals surface area contributed by atoms with Crippen LogP contribution in [0.25, 0.3) is 10.2 Å². The van der Waals surface area contributed by atoms with Gasteiger partial charge >= 0.3 is 0 Å². The van der Waals surface area contributed by atoms with E-state index >= 15 is 0 Å². The van der Waals surface area contributed by atoms with E-state index in [1.165, 1.54) is 43.4 Å². The second kappa shape index (κ2) is 17.1. The number of Topliss-reactive ketones (excluding diaryl/α,β-unsaturated/α-hetero) is 2. The van der Waals surface area contributed by atoms with Gasteiger partial charge in [0, 0.05) is 48.9 Å². The molecule has 1 aromatic heterocycles. The van der Waals surface area contributed by atoms with Gasteiger partial charge in [-0.25, -0.2) is 4.98 Å². The average molecular weight is 602 g/mol. The van der Waals surface area contributed by atoms with E-state index in [1.807, 2.05) is 25.1 Å². The number of carbonyl (C=O) groups excluding carboxylic acids is 3. The maximum Gasteiger partial charge on any atom is 0.224 e. The molecule has 1 aromatic carbocycles. The number of carbonyl (C=O) groups is 3. The minimum Gasteiger partial charge on any atom is -0.353 e. The first-order valence-corrected chi connectivity index (χ1v) is 16.7. The fourth-order valence-electron chi connectivity index (χ4n) is 5.84. The summed E-state index contributed by atoms with van der Waals surface area (Å²) in [6, 6.07) is 5.49.